The van der Waals surface area contributed by atoms with Gasteiger partial charge in [0, 0.05) is 26.3 Å². The van der Waals surface area contributed by atoms with Gasteiger partial charge in [-0.25, -0.2) is 0 Å². The Hall–Kier alpha value is -0.360. The summed E-state index contributed by atoms with van der Waals surface area (Å²) in [5.74, 6) is 0.0262. The minimum Gasteiger partial charge on any atom is -0.381 e. The molecule has 1 heterocycles. The highest BCUT2D eigenvalue weighted by atomic mass is 35.5. The van der Waals surface area contributed by atoms with E-state index in [0.717, 1.165) is 39.0 Å². The van der Waals surface area contributed by atoms with Crippen molar-refractivity contribution in [3.63, 3.8) is 0 Å². The molecule has 18 heavy (non-hydrogen) atoms. The van der Waals surface area contributed by atoms with Crippen LogP contribution < -0.4 is 10.6 Å². The van der Waals surface area contributed by atoms with Crippen molar-refractivity contribution in [1.82, 2.24) is 10.6 Å². The van der Waals surface area contributed by atoms with Crippen LogP contribution in [0.1, 0.15) is 26.2 Å². The van der Waals surface area contributed by atoms with Gasteiger partial charge in [-0.2, -0.15) is 0 Å². The molecule has 1 aliphatic rings. The van der Waals surface area contributed by atoms with Crippen LogP contribution in [0.15, 0.2) is 0 Å². The maximum Gasteiger partial charge on any atom is 0.239 e. The summed E-state index contributed by atoms with van der Waals surface area (Å²) < 4.78 is 10.6. The number of morpholine rings is 1. The quantitative estimate of drug-likeness (QED) is 0.643. The van der Waals surface area contributed by atoms with Crippen molar-refractivity contribution >= 4 is 18.3 Å². The summed E-state index contributed by atoms with van der Waals surface area (Å²) in [4.78, 5) is 11.6. The lowest BCUT2D eigenvalue weighted by Crippen LogP contribution is -2.51. The Bertz CT molecular complexity index is 211. The number of amides is 1. The van der Waals surface area contributed by atoms with E-state index in [1.807, 2.05) is 0 Å². The molecule has 5 nitrogen and oxygen atoms in total. The smallest absolute Gasteiger partial charge is 0.239 e. The molecule has 6 heteroatoms. The molecule has 1 saturated heterocycles. The molecule has 0 aromatic heterocycles. The first-order valence-corrected chi connectivity index (χ1v) is 6.51. The van der Waals surface area contributed by atoms with E-state index in [0.29, 0.717) is 19.8 Å². The van der Waals surface area contributed by atoms with E-state index in [9.17, 15) is 4.79 Å². The van der Waals surface area contributed by atoms with Crippen LogP contribution in [0.25, 0.3) is 0 Å². The first-order valence-electron chi connectivity index (χ1n) is 6.51. The SMILES string of the molecule is CCCCOCCCNC(=O)C1COCCN1.Cl. The summed E-state index contributed by atoms with van der Waals surface area (Å²) in [5.41, 5.74) is 0. The van der Waals surface area contributed by atoms with Gasteiger partial charge in [-0.05, 0) is 12.8 Å². The van der Waals surface area contributed by atoms with Gasteiger partial charge < -0.3 is 20.1 Å². The molecule has 1 atom stereocenters. The average Bonchev–Trinajstić information content (AvgIpc) is 2.38. The van der Waals surface area contributed by atoms with E-state index in [1.54, 1.807) is 0 Å². The maximum absolute atomic E-state index is 11.6. The standard InChI is InChI=1S/C12H24N2O3.ClH/c1-2-3-7-16-8-4-5-14-12(15)11-10-17-9-6-13-11;/h11,13H,2-10H2,1H3,(H,14,15);1H. The van der Waals surface area contributed by atoms with Crippen LogP contribution in [0.4, 0.5) is 0 Å². The second-order valence-electron chi connectivity index (χ2n) is 4.19. The van der Waals surface area contributed by atoms with E-state index < -0.39 is 0 Å². The Morgan fingerprint density at radius 2 is 2.22 bits per heavy atom. The average molecular weight is 281 g/mol. The van der Waals surface area contributed by atoms with Crippen molar-refractivity contribution in [2.75, 3.05) is 39.5 Å². The number of rotatable bonds is 8. The van der Waals surface area contributed by atoms with Crippen molar-refractivity contribution in [2.24, 2.45) is 0 Å². The summed E-state index contributed by atoms with van der Waals surface area (Å²) in [6, 6.07) is -0.190. The lowest BCUT2D eigenvalue weighted by atomic mass is 10.2. The third-order valence-electron chi connectivity index (χ3n) is 2.65. The van der Waals surface area contributed by atoms with Gasteiger partial charge in [0.2, 0.25) is 5.91 Å². The predicted molar refractivity (Wildman–Crippen MR) is 73.2 cm³/mol. The Morgan fingerprint density at radius 3 is 2.89 bits per heavy atom. The predicted octanol–water partition coefficient (Wildman–Crippen LogP) is 0.720. The molecule has 108 valence electrons. The van der Waals surface area contributed by atoms with Gasteiger partial charge in [-0.15, -0.1) is 12.4 Å². The van der Waals surface area contributed by atoms with Gasteiger partial charge >= 0.3 is 0 Å². The summed E-state index contributed by atoms with van der Waals surface area (Å²) in [6.45, 7) is 6.26. The Morgan fingerprint density at radius 1 is 1.44 bits per heavy atom. The van der Waals surface area contributed by atoms with Crippen molar-refractivity contribution < 1.29 is 14.3 Å². The van der Waals surface area contributed by atoms with Crippen LogP contribution in [0, 0.1) is 0 Å². The van der Waals surface area contributed by atoms with Gasteiger partial charge in [-0.1, -0.05) is 13.3 Å². The van der Waals surface area contributed by atoms with Gasteiger partial charge in [-0.3, -0.25) is 4.79 Å². The normalized spacial score (nSPS) is 19.1. The third kappa shape index (κ3) is 7.87. The molecule has 1 unspecified atom stereocenters. The molecule has 0 radical (unpaired) electrons. The fourth-order valence-corrected chi connectivity index (χ4v) is 1.59. The molecule has 0 bridgehead atoms. The molecule has 1 fully saturated rings. The van der Waals surface area contributed by atoms with Crippen molar-refractivity contribution in [3.05, 3.63) is 0 Å². The number of hydrogen-bond donors (Lipinski definition) is 2. The molecule has 1 amide bonds. The lowest BCUT2D eigenvalue weighted by molar-refractivity contribution is -0.125. The molecule has 1 aliphatic heterocycles. The number of nitrogens with one attached hydrogen (secondary N) is 2. The molecular weight excluding hydrogens is 256 g/mol. The zero-order valence-corrected chi connectivity index (χ0v) is 11.9. The number of ether oxygens (including phenoxy) is 2. The van der Waals surface area contributed by atoms with Gasteiger partial charge in [0.05, 0.1) is 13.2 Å². The molecule has 0 aromatic rings. The Labute approximate surface area is 115 Å². The molecule has 0 spiro atoms. The monoisotopic (exact) mass is 280 g/mol. The fourth-order valence-electron chi connectivity index (χ4n) is 1.59. The van der Waals surface area contributed by atoms with Crippen LogP contribution in [-0.2, 0) is 14.3 Å². The number of unbranched alkanes of at least 4 members (excludes halogenated alkanes) is 1. The van der Waals surface area contributed by atoms with Crippen molar-refractivity contribution in [3.8, 4) is 0 Å². The van der Waals surface area contributed by atoms with E-state index in [2.05, 4.69) is 17.6 Å². The highest BCUT2D eigenvalue weighted by Gasteiger charge is 2.20. The molecule has 1 rings (SSSR count). The van der Waals surface area contributed by atoms with Crippen LogP contribution in [0.3, 0.4) is 0 Å². The highest BCUT2D eigenvalue weighted by Crippen LogP contribution is 1.93. The topological polar surface area (TPSA) is 59.6 Å². The molecule has 0 aliphatic carbocycles. The third-order valence-corrected chi connectivity index (χ3v) is 2.65. The number of carbonyl (C=O) groups excluding carboxylic acids is 1. The van der Waals surface area contributed by atoms with Crippen LogP contribution in [0.2, 0.25) is 0 Å². The largest absolute Gasteiger partial charge is 0.381 e. The van der Waals surface area contributed by atoms with Gasteiger partial charge in [0.25, 0.3) is 0 Å². The molecule has 0 saturated carbocycles. The van der Waals surface area contributed by atoms with Crippen LogP contribution >= 0.6 is 12.4 Å². The zero-order chi connectivity index (χ0) is 12.3. The molecular formula is C12H25ClN2O3. The zero-order valence-electron chi connectivity index (χ0n) is 11.1. The molecule has 0 aromatic carbocycles. The van der Waals surface area contributed by atoms with Gasteiger partial charge in [0.1, 0.15) is 6.04 Å². The molecule has 2 N–H and O–H groups in total. The van der Waals surface area contributed by atoms with E-state index >= 15 is 0 Å². The maximum atomic E-state index is 11.6. The minimum absolute atomic E-state index is 0. The van der Waals surface area contributed by atoms with Crippen LogP contribution in [-0.4, -0.2) is 51.5 Å². The van der Waals surface area contributed by atoms with Crippen molar-refractivity contribution in [2.45, 2.75) is 32.2 Å². The first-order chi connectivity index (χ1) is 8.34. The second kappa shape index (κ2) is 11.7. The van der Waals surface area contributed by atoms with E-state index in [-0.39, 0.29) is 24.4 Å². The fraction of sp³-hybridized carbons (Fsp3) is 0.917. The van der Waals surface area contributed by atoms with E-state index in [1.165, 1.54) is 0 Å². The van der Waals surface area contributed by atoms with Crippen molar-refractivity contribution in [1.29, 1.82) is 0 Å². The number of hydrogen-bond acceptors (Lipinski definition) is 4. The Balaban J connectivity index is 0.00000289. The summed E-state index contributed by atoms with van der Waals surface area (Å²) in [7, 11) is 0. The lowest BCUT2D eigenvalue weighted by Gasteiger charge is -2.22. The van der Waals surface area contributed by atoms with E-state index in [4.69, 9.17) is 9.47 Å². The highest BCUT2D eigenvalue weighted by molar-refractivity contribution is 5.85. The Kier molecular flexibility index (Phi) is 11.5. The second-order valence-corrected chi connectivity index (χ2v) is 4.19. The number of carbonyl (C=O) groups is 1. The van der Waals surface area contributed by atoms with Crippen LogP contribution in [0.5, 0.6) is 0 Å². The first kappa shape index (κ1) is 17.6. The summed E-state index contributed by atoms with van der Waals surface area (Å²) >= 11 is 0. The minimum atomic E-state index is -0.190. The van der Waals surface area contributed by atoms with Gasteiger partial charge in [0.15, 0.2) is 0 Å². The number of halogens is 1. The summed E-state index contributed by atoms with van der Waals surface area (Å²) in [6.07, 6.45) is 3.13. The summed E-state index contributed by atoms with van der Waals surface area (Å²) in [5, 5.41) is 6.00.